The summed E-state index contributed by atoms with van der Waals surface area (Å²) in [5, 5.41) is 0. The first-order chi connectivity index (χ1) is 9.83. The molecule has 0 unspecified atom stereocenters. The summed E-state index contributed by atoms with van der Waals surface area (Å²) in [6.45, 7) is 5.82. The lowest BCUT2D eigenvalue weighted by Gasteiger charge is -2.15. The van der Waals surface area contributed by atoms with Gasteiger partial charge in [0, 0.05) is 0 Å². The summed E-state index contributed by atoms with van der Waals surface area (Å²) >= 11 is 0. The largest absolute Gasteiger partial charge is 0.490 e. The average molecular weight is 280 g/mol. The van der Waals surface area contributed by atoms with Gasteiger partial charge < -0.3 is 14.2 Å². The summed E-state index contributed by atoms with van der Waals surface area (Å²) < 4.78 is 17.0. The van der Waals surface area contributed by atoms with Crippen LogP contribution in [0.3, 0.4) is 0 Å². The lowest BCUT2D eigenvalue weighted by Crippen LogP contribution is -2.03. The molecular weight excluding hydrogens is 252 g/mol. The quantitative estimate of drug-likeness (QED) is 0.543. The van der Waals surface area contributed by atoms with Gasteiger partial charge in [0.15, 0.2) is 11.5 Å². The molecular formula is C17H28O3. The van der Waals surface area contributed by atoms with Crippen molar-refractivity contribution in [3.05, 3.63) is 18.2 Å². The molecule has 0 fully saturated rings. The molecule has 114 valence electrons. The Morgan fingerprint density at radius 3 is 1.70 bits per heavy atom. The molecule has 0 aliphatic carbocycles. The third-order valence-electron chi connectivity index (χ3n) is 3.16. The van der Waals surface area contributed by atoms with Crippen LogP contribution in [-0.2, 0) is 0 Å². The van der Waals surface area contributed by atoms with E-state index in [-0.39, 0.29) is 0 Å². The van der Waals surface area contributed by atoms with E-state index in [2.05, 4.69) is 13.8 Å². The molecule has 3 heteroatoms. The molecule has 0 aliphatic rings. The topological polar surface area (TPSA) is 27.7 Å². The van der Waals surface area contributed by atoms with Gasteiger partial charge in [-0.05, 0) is 25.0 Å². The first kappa shape index (κ1) is 16.7. The van der Waals surface area contributed by atoms with Crippen LogP contribution >= 0.6 is 0 Å². The van der Waals surface area contributed by atoms with E-state index in [0.29, 0.717) is 5.75 Å². The molecule has 0 aliphatic heterocycles. The molecule has 0 N–H and O–H groups in total. The van der Waals surface area contributed by atoms with E-state index in [9.17, 15) is 0 Å². The van der Waals surface area contributed by atoms with Crippen molar-refractivity contribution in [2.45, 2.75) is 52.4 Å². The molecule has 0 heterocycles. The Labute approximate surface area is 123 Å². The van der Waals surface area contributed by atoms with Gasteiger partial charge in [0.25, 0.3) is 0 Å². The van der Waals surface area contributed by atoms with Crippen molar-refractivity contribution < 1.29 is 14.2 Å². The SMILES string of the molecule is CCCCCOc1cccc(OCCCCC)c1OC. The molecule has 1 aromatic carbocycles. The van der Waals surface area contributed by atoms with Gasteiger partial charge in [-0.1, -0.05) is 45.6 Å². The van der Waals surface area contributed by atoms with E-state index in [1.165, 1.54) is 25.7 Å². The first-order valence-corrected chi connectivity index (χ1v) is 7.76. The summed E-state index contributed by atoms with van der Waals surface area (Å²) in [5.41, 5.74) is 0. The van der Waals surface area contributed by atoms with Crippen molar-refractivity contribution in [3.8, 4) is 17.2 Å². The van der Waals surface area contributed by atoms with E-state index < -0.39 is 0 Å². The number of hydrogen-bond acceptors (Lipinski definition) is 3. The summed E-state index contributed by atoms with van der Waals surface area (Å²) in [5.74, 6) is 2.26. The molecule has 1 rings (SSSR count). The van der Waals surface area contributed by atoms with Gasteiger partial charge in [0.2, 0.25) is 5.75 Å². The van der Waals surface area contributed by atoms with Crippen LogP contribution in [0.4, 0.5) is 0 Å². The highest BCUT2D eigenvalue weighted by Crippen LogP contribution is 2.37. The Morgan fingerprint density at radius 2 is 1.30 bits per heavy atom. The molecule has 1 aromatic rings. The lowest BCUT2D eigenvalue weighted by molar-refractivity contribution is 0.260. The minimum atomic E-state index is 0.709. The van der Waals surface area contributed by atoms with Crippen LogP contribution in [-0.4, -0.2) is 20.3 Å². The van der Waals surface area contributed by atoms with Gasteiger partial charge in [0.1, 0.15) is 0 Å². The maximum absolute atomic E-state index is 5.79. The van der Waals surface area contributed by atoms with Crippen molar-refractivity contribution in [2.75, 3.05) is 20.3 Å². The van der Waals surface area contributed by atoms with Crippen LogP contribution in [0.15, 0.2) is 18.2 Å². The van der Waals surface area contributed by atoms with E-state index in [4.69, 9.17) is 14.2 Å². The molecule has 0 aromatic heterocycles. The van der Waals surface area contributed by atoms with Crippen LogP contribution in [0.2, 0.25) is 0 Å². The monoisotopic (exact) mass is 280 g/mol. The minimum absolute atomic E-state index is 0.709. The van der Waals surface area contributed by atoms with Gasteiger partial charge >= 0.3 is 0 Å². The molecule has 0 atom stereocenters. The first-order valence-electron chi connectivity index (χ1n) is 7.76. The highest BCUT2D eigenvalue weighted by atomic mass is 16.5. The predicted molar refractivity (Wildman–Crippen MR) is 83.0 cm³/mol. The smallest absolute Gasteiger partial charge is 0.203 e. The molecule has 0 saturated carbocycles. The molecule has 3 nitrogen and oxygen atoms in total. The highest BCUT2D eigenvalue weighted by molar-refractivity contribution is 5.51. The van der Waals surface area contributed by atoms with Crippen molar-refractivity contribution in [2.24, 2.45) is 0 Å². The maximum atomic E-state index is 5.79. The molecule has 0 spiro atoms. The van der Waals surface area contributed by atoms with Gasteiger partial charge in [-0.25, -0.2) is 0 Å². The Bertz CT molecular complexity index is 333. The number of methoxy groups -OCH3 is 1. The summed E-state index contributed by atoms with van der Waals surface area (Å²) in [6.07, 6.45) is 6.91. The number of rotatable bonds is 11. The highest BCUT2D eigenvalue weighted by Gasteiger charge is 2.11. The zero-order valence-electron chi connectivity index (χ0n) is 13.1. The molecule has 20 heavy (non-hydrogen) atoms. The Hall–Kier alpha value is -1.38. The number of para-hydroxylation sites is 1. The van der Waals surface area contributed by atoms with Crippen LogP contribution in [0.25, 0.3) is 0 Å². The van der Waals surface area contributed by atoms with E-state index in [1.807, 2.05) is 18.2 Å². The molecule has 0 radical (unpaired) electrons. The van der Waals surface area contributed by atoms with Crippen LogP contribution in [0, 0.1) is 0 Å². The fraction of sp³-hybridized carbons (Fsp3) is 0.647. The van der Waals surface area contributed by atoms with Crippen molar-refractivity contribution in [1.29, 1.82) is 0 Å². The second-order valence-electron chi connectivity index (χ2n) is 4.90. The summed E-state index contributed by atoms with van der Waals surface area (Å²) in [7, 11) is 1.66. The zero-order chi connectivity index (χ0) is 14.6. The minimum Gasteiger partial charge on any atom is -0.490 e. The van der Waals surface area contributed by atoms with Crippen molar-refractivity contribution in [3.63, 3.8) is 0 Å². The number of unbranched alkanes of at least 4 members (excludes halogenated alkanes) is 4. The predicted octanol–water partition coefficient (Wildman–Crippen LogP) is 4.83. The zero-order valence-corrected chi connectivity index (χ0v) is 13.1. The Morgan fingerprint density at radius 1 is 0.800 bits per heavy atom. The van der Waals surface area contributed by atoms with Gasteiger partial charge in [0.05, 0.1) is 20.3 Å². The van der Waals surface area contributed by atoms with Gasteiger partial charge in [-0.3, -0.25) is 0 Å². The van der Waals surface area contributed by atoms with E-state index in [0.717, 1.165) is 37.6 Å². The fourth-order valence-electron chi connectivity index (χ4n) is 1.99. The lowest BCUT2D eigenvalue weighted by atomic mass is 10.2. The van der Waals surface area contributed by atoms with E-state index in [1.54, 1.807) is 7.11 Å². The van der Waals surface area contributed by atoms with Gasteiger partial charge in [-0.15, -0.1) is 0 Å². The number of hydrogen-bond donors (Lipinski definition) is 0. The summed E-state index contributed by atoms with van der Waals surface area (Å²) in [4.78, 5) is 0. The molecule has 0 bridgehead atoms. The number of benzene rings is 1. The van der Waals surface area contributed by atoms with Crippen LogP contribution < -0.4 is 14.2 Å². The van der Waals surface area contributed by atoms with E-state index >= 15 is 0 Å². The average Bonchev–Trinajstić information content (AvgIpc) is 2.48. The standard InChI is InChI=1S/C17H28O3/c1-4-6-8-13-19-15-11-10-12-16(17(15)18-3)20-14-9-7-5-2/h10-12H,4-9,13-14H2,1-3H3. The van der Waals surface area contributed by atoms with Gasteiger partial charge in [-0.2, -0.15) is 0 Å². The number of ether oxygens (including phenoxy) is 3. The van der Waals surface area contributed by atoms with Crippen molar-refractivity contribution >= 4 is 0 Å². The molecule has 0 amide bonds. The Kier molecular flexibility index (Phi) is 8.68. The third kappa shape index (κ3) is 5.72. The van der Waals surface area contributed by atoms with Crippen LogP contribution in [0.5, 0.6) is 17.2 Å². The Balaban J connectivity index is 2.56. The second kappa shape index (κ2) is 10.4. The maximum Gasteiger partial charge on any atom is 0.203 e. The van der Waals surface area contributed by atoms with Crippen molar-refractivity contribution in [1.82, 2.24) is 0 Å². The normalized spacial score (nSPS) is 10.3. The van der Waals surface area contributed by atoms with Crippen LogP contribution in [0.1, 0.15) is 52.4 Å². The molecule has 0 saturated heterocycles. The summed E-state index contributed by atoms with van der Waals surface area (Å²) in [6, 6.07) is 5.82. The second-order valence-corrected chi connectivity index (χ2v) is 4.90. The fourth-order valence-corrected chi connectivity index (χ4v) is 1.99. The third-order valence-corrected chi connectivity index (χ3v) is 3.16.